The van der Waals surface area contributed by atoms with Crippen LogP contribution in [0.1, 0.15) is 16.2 Å². The second kappa shape index (κ2) is 6.10. The van der Waals surface area contributed by atoms with Crippen molar-refractivity contribution < 1.29 is 9.18 Å². The molecular weight excluding hydrogens is 462 g/mol. The second-order valence-electron chi connectivity index (χ2n) is 6.62. The average molecular weight is 476 g/mol. The molecule has 5 rings (SSSR count). The number of halogens is 2. The van der Waals surface area contributed by atoms with Gasteiger partial charge in [0.1, 0.15) is 5.82 Å². The van der Waals surface area contributed by atoms with Crippen molar-refractivity contribution in [2.24, 2.45) is 0 Å². The van der Waals surface area contributed by atoms with Gasteiger partial charge in [0, 0.05) is 29.7 Å². The molecule has 0 aliphatic carbocycles. The third-order valence-electron chi connectivity index (χ3n) is 5.04. The van der Waals surface area contributed by atoms with Gasteiger partial charge in [-0.05, 0) is 52.9 Å². The van der Waals surface area contributed by atoms with Gasteiger partial charge in [-0.2, -0.15) is 0 Å². The lowest BCUT2D eigenvalue weighted by atomic mass is 10.1. The maximum Gasteiger partial charge on any atom is 0.266 e. The highest BCUT2D eigenvalue weighted by molar-refractivity contribution is 14.1. The lowest BCUT2D eigenvalue weighted by Gasteiger charge is -2.29. The third kappa shape index (κ3) is 2.50. The molecule has 1 N–H and O–H groups in total. The van der Waals surface area contributed by atoms with Crippen LogP contribution in [0.4, 0.5) is 10.1 Å². The van der Waals surface area contributed by atoms with Gasteiger partial charge >= 0.3 is 0 Å². The summed E-state index contributed by atoms with van der Waals surface area (Å²) < 4.78 is 16.9. The van der Waals surface area contributed by atoms with E-state index in [0.29, 0.717) is 35.5 Å². The maximum absolute atomic E-state index is 14.8. The van der Waals surface area contributed by atoms with E-state index in [2.05, 4.69) is 32.9 Å². The number of fused-ring (bicyclic) bond motifs is 4. The minimum atomic E-state index is -0.448. The normalized spacial score (nSPS) is 15.9. The van der Waals surface area contributed by atoms with E-state index >= 15 is 0 Å². The molecule has 6 nitrogen and oxygen atoms in total. The van der Waals surface area contributed by atoms with Crippen molar-refractivity contribution in [1.29, 1.82) is 0 Å². The Kier molecular flexibility index (Phi) is 3.80. The predicted molar refractivity (Wildman–Crippen MR) is 109 cm³/mol. The standard InChI is InChI=1S/C19H14FIN4O2/c20-13-8-11-14(9-16(13)24-5-3-22-4-6-24)23-18-17(26)12-7-10(21)1-2-15(12)25(18)19(11)27/h1-2,7-9,22H,3-6H2. The van der Waals surface area contributed by atoms with Gasteiger partial charge in [0.15, 0.2) is 5.82 Å². The van der Waals surface area contributed by atoms with Crippen molar-refractivity contribution in [2.75, 3.05) is 31.1 Å². The number of anilines is 1. The topological polar surface area (TPSA) is 67.2 Å². The van der Waals surface area contributed by atoms with Crippen molar-refractivity contribution in [3.63, 3.8) is 0 Å². The van der Waals surface area contributed by atoms with Gasteiger partial charge in [0.2, 0.25) is 5.78 Å². The van der Waals surface area contributed by atoms with Gasteiger partial charge in [-0.25, -0.2) is 9.37 Å². The molecule has 1 fully saturated rings. The monoisotopic (exact) mass is 476 g/mol. The summed E-state index contributed by atoms with van der Waals surface area (Å²) in [6.07, 6.45) is 0. The smallest absolute Gasteiger partial charge is 0.266 e. The van der Waals surface area contributed by atoms with Crippen LogP contribution in [0.15, 0.2) is 35.1 Å². The Hall–Kier alpha value is -2.33. The Labute approximate surface area is 167 Å². The van der Waals surface area contributed by atoms with E-state index in [-0.39, 0.29) is 17.0 Å². The maximum atomic E-state index is 14.8. The Morgan fingerprint density at radius 1 is 1.07 bits per heavy atom. The lowest BCUT2D eigenvalue weighted by Crippen LogP contribution is -2.43. The number of piperazine rings is 1. The van der Waals surface area contributed by atoms with Gasteiger partial charge in [0.25, 0.3) is 5.56 Å². The molecule has 3 heterocycles. The van der Waals surface area contributed by atoms with Crippen LogP contribution in [0.3, 0.4) is 0 Å². The van der Waals surface area contributed by atoms with E-state index < -0.39 is 11.4 Å². The van der Waals surface area contributed by atoms with Crippen LogP contribution in [-0.2, 0) is 0 Å². The van der Waals surface area contributed by atoms with Crippen LogP contribution in [0.2, 0.25) is 0 Å². The molecule has 2 aliphatic rings. The van der Waals surface area contributed by atoms with Crippen molar-refractivity contribution in [3.05, 3.63) is 61.5 Å². The molecule has 1 saturated heterocycles. The largest absolute Gasteiger partial charge is 0.367 e. The molecule has 3 aromatic rings. The number of ketones is 1. The Morgan fingerprint density at radius 2 is 1.85 bits per heavy atom. The molecule has 27 heavy (non-hydrogen) atoms. The minimum absolute atomic E-state index is 0.0855. The lowest BCUT2D eigenvalue weighted by molar-refractivity contribution is 0.103. The number of carbonyl (C=O) groups is 1. The summed E-state index contributed by atoms with van der Waals surface area (Å²) in [5.74, 6) is -0.645. The Morgan fingerprint density at radius 3 is 2.63 bits per heavy atom. The number of aromatic nitrogens is 2. The number of carbonyl (C=O) groups excluding carboxylic acids is 1. The van der Waals surface area contributed by atoms with E-state index in [9.17, 15) is 14.0 Å². The zero-order chi connectivity index (χ0) is 18.7. The summed E-state index contributed by atoms with van der Waals surface area (Å²) in [5.41, 5.74) is 1.29. The zero-order valence-electron chi connectivity index (χ0n) is 14.1. The Bertz CT molecular complexity index is 1180. The number of nitrogens with one attached hydrogen (secondary N) is 1. The first-order valence-electron chi connectivity index (χ1n) is 8.61. The summed E-state index contributed by atoms with van der Waals surface area (Å²) in [6, 6.07) is 8.12. The van der Waals surface area contributed by atoms with Crippen LogP contribution < -0.4 is 15.8 Å². The number of hydrogen-bond donors (Lipinski definition) is 1. The molecule has 8 heteroatoms. The minimum Gasteiger partial charge on any atom is -0.367 e. The van der Waals surface area contributed by atoms with Gasteiger partial charge < -0.3 is 10.2 Å². The van der Waals surface area contributed by atoms with E-state index in [4.69, 9.17) is 0 Å². The molecule has 0 spiro atoms. The van der Waals surface area contributed by atoms with E-state index in [1.54, 1.807) is 18.2 Å². The zero-order valence-corrected chi connectivity index (χ0v) is 16.3. The predicted octanol–water partition coefficient (Wildman–Crippen LogP) is 2.08. The third-order valence-corrected chi connectivity index (χ3v) is 5.71. The van der Waals surface area contributed by atoms with Crippen molar-refractivity contribution >= 4 is 45.0 Å². The fourth-order valence-electron chi connectivity index (χ4n) is 3.72. The molecule has 0 radical (unpaired) electrons. The molecule has 0 saturated carbocycles. The first kappa shape index (κ1) is 16.8. The fourth-order valence-corrected chi connectivity index (χ4v) is 4.22. The first-order valence-corrected chi connectivity index (χ1v) is 9.69. The summed E-state index contributed by atoms with van der Waals surface area (Å²) in [4.78, 5) is 32.2. The van der Waals surface area contributed by atoms with Gasteiger partial charge in [-0.15, -0.1) is 0 Å². The fraction of sp³-hybridized carbons (Fsp3) is 0.211. The molecule has 136 valence electrons. The molecule has 0 amide bonds. The number of nitrogens with zero attached hydrogens (tertiary/aromatic N) is 3. The van der Waals surface area contributed by atoms with Crippen LogP contribution in [0.25, 0.3) is 16.6 Å². The number of rotatable bonds is 1. The summed E-state index contributed by atoms with van der Waals surface area (Å²) in [7, 11) is 0. The molecule has 2 aromatic carbocycles. The molecule has 0 atom stereocenters. The first-order chi connectivity index (χ1) is 13.0. The summed E-state index contributed by atoms with van der Waals surface area (Å²) >= 11 is 2.12. The molecule has 0 unspecified atom stereocenters. The summed E-state index contributed by atoms with van der Waals surface area (Å²) in [6.45, 7) is 2.89. The highest BCUT2D eigenvalue weighted by atomic mass is 127. The van der Waals surface area contributed by atoms with Crippen LogP contribution in [0.5, 0.6) is 0 Å². The molecule has 0 bridgehead atoms. The van der Waals surface area contributed by atoms with Crippen LogP contribution in [-0.4, -0.2) is 41.5 Å². The van der Waals surface area contributed by atoms with Gasteiger partial charge in [-0.1, -0.05) is 0 Å². The SMILES string of the molecule is O=C1c2cc(I)ccc2-n2c1nc1cc(N3CCNCC3)c(F)cc1c2=O. The molecule has 2 aliphatic heterocycles. The quantitative estimate of drug-likeness (QED) is 0.427. The van der Waals surface area contributed by atoms with Crippen LogP contribution in [0, 0.1) is 9.39 Å². The summed E-state index contributed by atoms with van der Waals surface area (Å²) in [5, 5.41) is 3.40. The average Bonchev–Trinajstić information content (AvgIpc) is 2.95. The molecular formula is C19H14FIN4O2. The Balaban J connectivity index is 1.75. The van der Waals surface area contributed by atoms with Crippen molar-refractivity contribution in [2.45, 2.75) is 0 Å². The van der Waals surface area contributed by atoms with Crippen molar-refractivity contribution in [1.82, 2.24) is 14.9 Å². The van der Waals surface area contributed by atoms with Gasteiger partial charge in [0.05, 0.1) is 27.8 Å². The van der Waals surface area contributed by atoms with Crippen molar-refractivity contribution in [3.8, 4) is 5.69 Å². The number of hydrogen-bond acceptors (Lipinski definition) is 5. The van der Waals surface area contributed by atoms with Crippen LogP contribution >= 0.6 is 22.6 Å². The second-order valence-corrected chi connectivity index (χ2v) is 7.87. The van der Waals surface area contributed by atoms with Gasteiger partial charge in [-0.3, -0.25) is 14.2 Å². The number of benzene rings is 2. The van der Waals surface area contributed by atoms with E-state index in [1.165, 1.54) is 10.6 Å². The van der Waals surface area contributed by atoms with E-state index in [1.807, 2.05) is 11.0 Å². The highest BCUT2D eigenvalue weighted by Crippen LogP contribution is 2.30. The molecule has 1 aromatic heterocycles. The highest BCUT2D eigenvalue weighted by Gasteiger charge is 2.31. The van der Waals surface area contributed by atoms with E-state index in [0.717, 1.165) is 16.7 Å².